The number of hydrogen-bond donors (Lipinski definition) is 1. The van der Waals surface area contributed by atoms with Crippen LogP contribution in [0.4, 0.5) is 0 Å². The Labute approximate surface area is 76.9 Å². The lowest BCUT2D eigenvalue weighted by Gasteiger charge is -2.28. The number of ether oxygens (including phenoxy) is 1. The van der Waals surface area contributed by atoms with Crippen LogP contribution in [0, 0.1) is 5.92 Å². The molecule has 2 radical (unpaired) electrons. The van der Waals surface area contributed by atoms with Gasteiger partial charge in [-0.15, -0.1) is 0 Å². The van der Waals surface area contributed by atoms with E-state index >= 15 is 0 Å². The Morgan fingerprint density at radius 3 is 2.64 bits per heavy atom. The fourth-order valence-corrected chi connectivity index (χ4v) is 2.29. The van der Waals surface area contributed by atoms with Crippen LogP contribution in [0.5, 0.6) is 0 Å². The van der Waals surface area contributed by atoms with E-state index in [2.05, 4.69) is 15.9 Å². The van der Waals surface area contributed by atoms with E-state index in [1.165, 1.54) is 0 Å². The third kappa shape index (κ3) is 1.63. The molecule has 0 amide bonds. The minimum Gasteiger partial charge on any atom is -0.393 e. The quantitative estimate of drug-likeness (QED) is 0.546. The maximum Gasteiger partial charge on any atom is 0.109 e. The highest BCUT2D eigenvalue weighted by molar-refractivity contribution is 9.09. The SMILES string of the molecule is [B][C@H]1CC(C)[C@](CO)(CBr)O1. The molecule has 1 aliphatic heterocycles. The third-order valence-electron chi connectivity index (χ3n) is 2.36. The zero-order valence-corrected chi connectivity index (χ0v) is 8.17. The second kappa shape index (κ2) is 3.46. The van der Waals surface area contributed by atoms with Crippen molar-refractivity contribution in [2.45, 2.75) is 24.9 Å². The topological polar surface area (TPSA) is 29.5 Å². The highest BCUT2D eigenvalue weighted by atomic mass is 79.9. The van der Waals surface area contributed by atoms with Crippen LogP contribution >= 0.6 is 15.9 Å². The number of halogens is 1. The van der Waals surface area contributed by atoms with Gasteiger partial charge in [-0.2, -0.15) is 0 Å². The van der Waals surface area contributed by atoms with E-state index in [9.17, 15) is 0 Å². The molecule has 1 N–H and O–H groups in total. The highest BCUT2D eigenvalue weighted by Crippen LogP contribution is 2.35. The Morgan fingerprint density at radius 2 is 2.45 bits per heavy atom. The number of hydrogen-bond acceptors (Lipinski definition) is 2. The molecule has 0 aromatic heterocycles. The van der Waals surface area contributed by atoms with Crippen LogP contribution in [0.25, 0.3) is 0 Å². The van der Waals surface area contributed by atoms with E-state index in [0.717, 1.165) is 6.42 Å². The van der Waals surface area contributed by atoms with Crippen LogP contribution in [0.2, 0.25) is 0 Å². The maximum atomic E-state index is 9.09. The molecule has 2 nitrogen and oxygen atoms in total. The van der Waals surface area contributed by atoms with Gasteiger partial charge in [0.25, 0.3) is 0 Å². The van der Waals surface area contributed by atoms with Crippen molar-refractivity contribution in [3.63, 3.8) is 0 Å². The summed E-state index contributed by atoms with van der Waals surface area (Å²) in [6.07, 6.45) is 0.826. The first-order valence-corrected chi connectivity index (χ1v) is 4.87. The second-order valence-electron chi connectivity index (χ2n) is 3.15. The van der Waals surface area contributed by atoms with Gasteiger partial charge in [-0.3, -0.25) is 0 Å². The summed E-state index contributed by atoms with van der Waals surface area (Å²) in [6, 6.07) is -0.213. The molecule has 62 valence electrons. The van der Waals surface area contributed by atoms with Crippen LogP contribution in [0.1, 0.15) is 13.3 Å². The molecule has 1 unspecified atom stereocenters. The summed E-state index contributed by atoms with van der Waals surface area (Å²) in [4.78, 5) is 0. The highest BCUT2D eigenvalue weighted by Gasteiger charge is 2.43. The zero-order chi connectivity index (χ0) is 8.48. The average molecular weight is 219 g/mol. The lowest BCUT2D eigenvalue weighted by atomic mass is 9.87. The Kier molecular flexibility index (Phi) is 3.00. The summed E-state index contributed by atoms with van der Waals surface area (Å²) in [5.74, 6) is 0.321. The molecule has 4 heteroatoms. The van der Waals surface area contributed by atoms with Crippen LogP contribution in [0.3, 0.4) is 0 Å². The van der Waals surface area contributed by atoms with Crippen molar-refractivity contribution in [3.8, 4) is 0 Å². The monoisotopic (exact) mass is 218 g/mol. The van der Waals surface area contributed by atoms with Gasteiger partial charge in [-0.05, 0) is 12.3 Å². The predicted octanol–water partition coefficient (Wildman–Crippen LogP) is 0.663. The molecule has 0 spiro atoms. The van der Waals surface area contributed by atoms with Crippen molar-refractivity contribution in [1.82, 2.24) is 0 Å². The zero-order valence-electron chi connectivity index (χ0n) is 6.59. The van der Waals surface area contributed by atoms with Gasteiger partial charge in [-0.1, -0.05) is 22.9 Å². The standard InChI is InChI=1S/C7H12BBrO2/c1-5-2-6(8)11-7(5,3-9)4-10/h5-6,10H,2-4H2,1H3/t5?,6-,7-/m1/s1. The summed E-state index contributed by atoms with van der Waals surface area (Å²) in [7, 11) is 5.60. The minimum atomic E-state index is -0.445. The molecule has 1 rings (SSSR count). The van der Waals surface area contributed by atoms with Gasteiger partial charge in [0.05, 0.1) is 6.61 Å². The van der Waals surface area contributed by atoms with Crippen LogP contribution in [-0.4, -0.2) is 36.5 Å². The van der Waals surface area contributed by atoms with Crippen molar-refractivity contribution in [2.75, 3.05) is 11.9 Å². The summed E-state index contributed by atoms with van der Waals surface area (Å²) < 4.78 is 5.44. The molecular weight excluding hydrogens is 207 g/mol. The summed E-state index contributed by atoms with van der Waals surface area (Å²) in [5.41, 5.74) is -0.445. The Bertz CT molecular complexity index is 138. The molecule has 1 saturated heterocycles. The number of rotatable bonds is 2. The summed E-state index contributed by atoms with van der Waals surface area (Å²) >= 11 is 3.32. The molecule has 11 heavy (non-hydrogen) atoms. The van der Waals surface area contributed by atoms with Crippen molar-refractivity contribution in [1.29, 1.82) is 0 Å². The summed E-state index contributed by atoms with van der Waals surface area (Å²) in [6.45, 7) is 2.08. The van der Waals surface area contributed by atoms with Gasteiger partial charge < -0.3 is 9.84 Å². The van der Waals surface area contributed by atoms with Gasteiger partial charge in [0.15, 0.2) is 0 Å². The molecular formula is C7H12BBrO2. The fourth-order valence-electron chi connectivity index (χ4n) is 1.43. The molecule has 0 bridgehead atoms. The van der Waals surface area contributed by atoms with Crippen LogP contribution in [-0.2, 0) is 4.74 Å². The van der Waals surface area contributed by atoms with E-state index in [1.54, 1.807) is 0 Å². The Hall–Kier alpha value is 0.465. The molecule has 0 aromatic carbocycles. The van der Waals surface area contributed by atoms with Crippen molar-refractivity contribution >= 4 is 23.8 Å². The normalized spacial score (nSPS) is 44.6. The third-order valence-corrected chi connectivity index (χ3v) is 3.31. The molecule has 0 aliphatic carbocycles. The average Bonchev–Trinajstić information content (AvgIpc) is 2.27. The van der Waals surface area contributed by atoms with E-state index in [4.69, 9.17) is 17.7 Å². The molecule has 1 fully saturated rings. The molecule has 0 aromatic rings. The minimum absolute atomic E-state index is 0.0348. The molecule has 3 atom stereocenters. The van der Waals surface area contributed by atoms with E-state index < -0.39 is 5.60 Å². The van der Waals surface area contributed by atoms with Crippen molar-refractivity contribution < 1.29 is 9.84 Å². The van der Waals surface area contributed by atoms with Gasteiger partial charge >= 0.3 is 0 Å². The van der Waals surface area contributed by atoms with Gasteiger partial charge in [0, 0.05) is 11.3 Å². The Morgan fingerprint density at radius 1 is 1.82 bits per heavy atom. The fraction of sp³-hybridized carbons (Fsp3) is 1.00. The van der Waals surface area contributed by atoms with Crippen LogP contribution in [0.15, 0.2) is 0 Å². The maximum absolute atomic E-state index is 9.09. The molecule has 1 aliphatic rings. The lowest BCUT2D eigenvalue weighted by Crippen LogP contribution is -2.40. The summed E-state index contributed by atoms with van der Waals surface area (Å²) in [5, 5.41) is 9.74. The smallest absolute Gasteiger partial charge is 0.109 e. The van der Waals surface area contributed by atoms with Gasteiger partial charge in [-0.25, -0.2) is 0 Å². The van der Waals surface area contributed by atoms with Crippen molar-refractivity contribution in [2.24, 2.45) is 5.92 Å². The van der Waals surface area contributed by atoms with Crippen molar-refractivity contribution in [3.05, 3.63) is 0 Å². The first-order valence-electron chi connectivity index (χ1n) is 3.75. The molecule has 1 heterocycles. The Balaban J connectivity index is 2.67. The van der Waals surface area contributed by atoms with Crippen LogP contribution < -0.4 is 0 Å². The van der Waals surface area contributed by atoms with E-state index in [-0.39, 0.29) is 12.6 Å². The second-order valence-corrected chi connectivity index (χ2v) is 3.71. The van der Waals surface area contributed by atoms with Gasteiger partial charge in [0.1, 0.15) is 13.4 Å². The number of aliphatic hydroxyl groups excluding tert-OH is 1. The number of aliphatic hydroxyl groups is 1. The largest absolute Gasteiger partial charge is 0.393 e. The molecule has 0 saturated carbocycles. The number of alkyl halides is 1. The lowest BCUT2D eigenvalue weighted by molar-refractivity contribution is -0.0497. The predicted molar refractivity (Wildman–Crippen MR) is 48.0 cm³/mol. The van der Waals surface area contributed by atoms with E-state index in [0.29, 0.717) is 11.2 Å². The first-order chi connectivity index (χ1) is 5.14. The van der Waals surface area contributed by atoms with Gasteiger partial charge in [0.2, 0.25) is 0 Å². The first kappa shape index (κ1) is 9.55. The van der Waals surface area contributed by atoms with E-state index in [1.807, 2.05) is 6.92 Å².